The van der Waals surface area contributed by atoms with Gasteiger partial charge in [0.1, 0.15) is 5.75 Å². The van der Waals surface area contributed by atoms with Crippen molar-refractivity contribution >= 4 is 16.0 Å². The van der Waals surface area contributed by atoms with Gasteiger partial charge in [0.05, 0.1) is 23.3 Å². The molecule has 1 heterocycles. The largest absolute Gasteiger partial charge is 0.494 e. The van der Waals surface area contributed by atoms with Crippen LogP contribution >= 0.6 is 0 Å². The van der Waals surface area contributed by atoms with Gasteiger partial charge in [-0.2, -0.15) is 17.5 Å². The van der Waals surface area contributed by atoms with E-state index >= 15 is 0 Å². The third-order valence-corrected chi connectivity index (χ3v) is 5.61. The smallest absolute Gasteiger partial charge is 0.393 e. The maximum absolute atomic E-state index is 13.0. The lowest BCUT2D eigenvalue weighted by Crippen LogP contribution is -2.34. The minimum atomic E-state index is -4.79. The highest BCUT2D eigenvalue weighted by Crippen LogP contribution is 2.39. The van der Waals surface area contributed by atoms with E-state index in [9.17, 15) is 26.4 Å². The second kappa shape index (κ2) is 6.60. The number of ether oxygens (including phenoxy) is 1. The molecule has 0 aromatic heterocycles. The molecule has 1 aromatic carbocycles. The van der Waals surface area contributed by atoms with E-state index in [2.05, 4.69) is 0 Å². The van der Waals surface area contributed by atoms with Crippen LogP contribution < -0.4 is 4.74 Å². The van der Waals surface area contributed by atoms with Crippen LogP contribution in [0.2, 0.25) is 0 Å². The maximum Gasteiger partial charge on any atom is 0.393 e. The summed E-state index contributed by atoms with van der Waals surface area (Å²) < 4.78 is 69.8. The fourth-order valence-electron chi connectivity index (χ4n) is 2.59. The zero-order chi connectivity index (χ0) is 18.1. The van der Waals surface area contributed by atoms with E-state index in [-0.39, 0.29) is 10.6 Å². The molecular weight excluding hydrogens is 351 g/mol. The van der Waals surface area contributed by atoms with Crippen molar-refractivity contribution in [3.05, 3.63) is 24.3 Å². The van der Waals surface area contributed by atoms with Gasteiger partial charge in [-0.1, -0.05) is 6.07 Å². The molecule has 0 bridgehead atoms. The number of carboxylic acids is 1. The van der Waals surface area contributed by atoms with Gasteiger partial charge in [0.15, 0.2) is 0 Å². The standard InChI is InChI=1S/C14H16F3NO5S/c1-2-23-9-4-3-5-10(6-9)24(21,22)18-7-11(13(19)20)12(8-18)14(15,16)17/h3-6,11-12H,2,7-8H2,1H3,(H,19,20)/t11-,12-/m1/s1. The van der Waals surface area contributed by atoms with Crippen molar-refractivity contribution in [2.45, 2.75) is 18.0 Å². The van der Waals surface area contributed by atoms with Crippen LogP contribution in [0.15, 0.2) is 29.2 Å². The SMILES string of the molecule is CCOc1cccc(S(=O)(=O)N2C[C@@H](C(F)(F)F)[C@H](C(=O)O)C2)c1. The maximum atomic E-state index is 13.0. The normalized spacial score (nSPS) is 22.5. The fourth-order valence-corrected chi connectivity index (χ4v) is 4.11. The Morgan fingerprint density at radius 3 is 2.54 bits per heavy atom. The van der Waals surface area contributed by atoms with Gasteiger partial charge in [-0.25, -0.2) is 8.42 Å². The van der Waals surface area contributed by atoms with E-state index in [4.69, 9.17) is 9.84 Å². The Hall–Kier alpha value is -1.81. The average Bonchev–Trinajstić information content (AvgIpc) is 2.94. The van der Waals surface area contributed by atoms with Crippen LogP contribution in [-0.4, -0.2) is 49.7 Å². The molecule has 1 aromatic rings. The molecule has 1 aliphatic heterocycles. The van der Waals surface area contributed by atoms with Crippen molar-refractivity contribution in [3.8, 4) is 5.75 Å². The van der Waals surface area contributed by atoms with Gasteiger partial charge in [-0.3, -0.25) is 4.79 Å². The van der Waals surface area contributed by atoms with Crippen LogP contribution in [0, 0.1) is 11.8 Å². The summed E-state index contributed by atoms with van der Waals surface area (Å²) in [6.07, 6.45) is -4.79. The first-order valence-electron chi connectivity index (χ1n) is 7.10. The molecule has 1 fully saturated rings. The minimum Gasteiger partial charge on any atom is -0.494 e. The molecule has 0 unspecified atom stereocenters. The first kappa shape index (κ1) is 18.5. The van der Waals surface area contributed by atoms with E-state index in [1.807, 2.05) is 0 Å². The summed E-state index contributed by atoms with van der Waals surface area (Å²) in [7, 11) is -4.25. The Morgan fingerprint density at radius 2 is 2.04 bits per heavy atom. The number of aliphatic carboxylic acids is 1. The monoisotopic (exact) mass is 367 g/mol. The highest BCUT2D eigenvalue weighted by atomic mass is 32.2. The van der Waals surface area contributed by atoms with E-state index in [0.717, 1.165) is 0 Å². The average molecular weight is 367 g/mol. The van der Waals surface area contributed by atoms with Gasteiger partial charge >= 0.3 is 12.1 Å². The number of hydrogen-bond acceptors (Lipinski definition) is 4. The molecule has 1 aliphatic rings. The summed E-state index contributed by atoms with van der Waals surface area (Å²) in [4.78, 5) is 10.8. The number of carbonyl (C=O) groups is 1. The number of sulfonamides is 1. The third kappa shape index (κ3) is 3.64. The summed E-state index contributed by atoms with van der Waals surface area (Å²) in [5, 5.41) is 8.97. The molecule has 2 atom stereocenters. The van der Waals surface area contributed by atoms with Crippen molar-refractivity contribution in [1.29, 1.82) is 0 Å². The van der Waals surface area contributed by atoms with Crippen LogP contribution in [0.4, 0.5) is 13.2 Å². The lowest BCUT2D eigenvalue weighted by atomic mass is 9.96. The number of rotatable bonds is 5. The molecule has 0 radical (unpaired) electrons. The molecule has 0 saturated carbocycles. The highest BCUT2D eigenvalue weighted by molar-refractivity contribution is 7.89. The first-order valence-corrected chi connectivity index (χ1v) is 8.54. The Balaban J connectivity index is 2.33. The van der Waals surface area contributed by atoms with E-state index in [1.165, 1.54) is 24.3 Å². The van der Waals surface area contributed by atoms with E-state index < -0.39 is 47.1 Å². The van der Waals surface area contributed by atoms with E-state index in [1.54, 1.807) is 6.92 Å². The minimum absolute atomic E-state index is 0.236. The number of carboxylic acid groups (broad SMARTS) is 1. The Bertz CT molecular complexity index is 719. The van der Waals surface area contributed by atoms with Gasteiger partial charge < -0.3 is 9.84 Å². The predicted molar refractivity (Wildman–Crippen MR) is 77.0 cm³/mol. The summed E-state index contributed by atoms with van der Waals surface area (Å²) in [5.41, 5.74) is 0. The Kier molecular flexibility index (Phi) is 5.09. The molecule has 10 heteroatoms. The first-order chi connectivity index (χ1) is 11.1. The van der Waals surface area contributed by atoms with Crippen molar-refractivity contribution < 1.29 is 36.2 Å². The van der Waals surface area contributed by atoms with Crippen molar-refractivity contribution in [1.82, 2.24) is 4.31 Å². The zero-order valence-corrected chi connectivity index (χ0v) is 13.5. The number of benzene rings is 1. The number of nitrogens with zero attached hydrogens (tertiary/aromatic N) is 1. The lowest BCUT2D eigenvalue weighted by Gasteiger charge is -2.18. The molecule has 0 amide bonds. The van der Waals surface area contributed by atoms with Crippen LogP contribution in [-0.2, 0) is 14.8 Å². The van der Waals surface area contributed by atoms with Gasteiger partial charge in [-0.15, -0.1) is 0 Å². The third-order valence-electron chi connectivity index (χ3n) is 3.78. The zero-order valence-electron chi connectivity index (χ0n) is 12.7. The molecule has 1 N–H and O–H groups in total. The second-order valence-electron chi connectivity index (χ2n) is 5.32. The van der Waals surface area contributed by atoms with Crippen molar-refractivity contribution in [2.75, 3.05) is 19.7 Å². The number of hydrogen-bond donors (Lipinski definition) is 1. The van der Waals surface area contributed by atoms with Crippen LogP contribution in [0.5, 0.6) is 5.75 Å². The predicted octanol–water partition coefficient (Wildman–Crippen LogP) is 1.97. The summed E-state index contributed by atoms with van der Waals surface area (Å²) >= 11 is 0. The molecule has 2 rings (SSSR count). The number of alkyl halides is 3. The van der Waals surface area contributed by atoms with Gasteiger partial charge in [0.25, 0.3) is 0 Å². The van der Waals surface area contributed by atoms with Gasteiger partial charge in [0, 0.05) is 19.2 Å². The quantitative estimate of drug-likeness (QED) is 0.860. The van der Waals surface area contributed by atoms with Crippen LogP contribution in [0.25, 0.3) is 0 Å². The molecule has 1 saturated heterocycles. The van der Waals surface area contributed by atoms with Crippen LogP contribution in [0.1, 0.15) is 6.92 Å². The summed E-state index contributed by atoms with van der Waals surface area (Å²) in [6, 6.07) is 5.36. The molecule has 6 nitrogen and oxygen atoms in total. The molecular formula is C14H16F3NO5S. The van der Waals surface area contributed by atoms with Gasteiger partial charge in [0.2, 0.25) is 10.0 Å². The summed E-state index contributed by atoms with van der Waals surface area (Å²) in [5.74, 6) is -5.47. The topological polar surface area (TPSA) is 83.9 Å². The lowest BCUT2D eigenvalue weighted by molar-refractivity contribution is -0.187. The van der Waals surface area contributed by atoms with E-state index in [0.29, 0.717) is 10.9 Å². The van der Waals surface area contributed by atoms with Crippen molar-refractivity contribution in [3.63, 3.8) is 0 Å². The summed E-state index contributed by atoms with van der Waals surface area (Å²) in [6.45, 7) is 0.361. The van der Waals surface area contributed by atoms with Gasteiger partial charge in [-0.05, 0) is 19.1 Å². The molecule has 0 spiro atoms. The molecule has 0 aliphatic carbocycles. The molecule has 24 heavy (non-hydrogen) atoms. The highest BCUT2D eigenvalue weighted by Gasteiger charge is 2.54. The fraction of sp³-hybridized carbons (Fsp3) is 0.500. The second-order valence-corrected chi connectivity index (χ2v) is 7.26. The Morgan fingerprint density at radius 1 is 1.38 bits per heavy atom. The number of halogens is 3. The van der Waals surface area contributed by atoms with Crippen molar-refractivity contribution in [2.24, 2.45) is 11.8 Å². The van der Waals surface area contributed by atoms with Crippen LogP contribution in [0.3, 0.4) is 0 Å². The molecule has 134 valence electrons. The Labute approximate surface area is 136 Å².